The van der Waals surface area contributed by atoms with E-state index in [1.54, 1.807) is 67.6 Å². The third kappa shape index (κ3) is 8.42. The minimum Gasteiger partial charge on any atom is -0.494 e. The quantitative estimate of drug-likeness (QED) is 0.220. The Bertz CT molecular complexity index is 1450. The fraction of sp³-hybridized carbons (Fsp3) is 0.355. The Hall–Kier alpha value is -3.21. The van der Waals surface area contributed by atoms with Crippen LogP contribution in [0.1, 0.15) is 39.7 Å². The van der Waals surface area contributed by atoms with Crippen molar-refractivity contribution in [2.24, 2.45) is 0 Å². The Balaban J connectivity index is 2.04. The van der Waals surface area contributed by atoms with Crippen LogP contribution in [0.25, 0.3) is 0 Å². The number of carbonyl (C=O) groups excluding carboxylic acids is 2. The van der Waals surface area contributed by atoms with Crippen molar-refractivity contribution >= 4 is 50.9 Å². The van der Waals surface area contributed by atoms with E-state index in [0.717, 1.165) is 15.6 Å². The van der Waals surface area contributed by atoms with E-state index in [4.69, 9.17) is 16.3 Å². The second-order valence-corrected chi connectivity index (χ2v) is 12.9. The summed E-state index contributed by atoms with van der Waals surface area (Å²) in [6.45, 7) is 7.26. The molecule has 42 heavy (non-hydrogen) atoms. The Morgan fingerprint density at radius 3 is 2.19 bits per heavy atom. The highest BCUT2D eigenvalue weighted by Gasteiger charge is 2.33. The molecule has 0 aliphatic carbocycles. The summed E-state index contributed by atoms with van der Waals surface area (Å²) in [5.41, 5.74) is 0.925. The number of thioether (sulfide) groups is 1. The van der Waals surface area contributed by atoms with Crippen molar-refractivity contribution in [3.8, 4) is 5.75 Å². The molecule has 0 bridgehead atoms. The number of hydrogen-bond donors (Lipinski definition) is 1. The van der Waals surface area contributed by atoms with Gasteiger partial charge in [0.25, 0.3) is 10.0 Å². The Labute approximate surface area is 258 Å². The number of ether oxygens (including phenoxy) is 1. The number of carbonyl (C=O) groups is 2. The number of sulfonamides is 1. The van der Waals surface area contributed by atoms with Gasteiger partial charge in [-0.05, 0) is 93.6 Å². The maximum Gasteiger partial charge on any atom is 0.264 e. The first kappa shape index (κ1) is 33.3. The Morgan fingerprint density at radius 2 is 1.62 bits per heavy atom. The van der Waals surface area contributed by atoms with Gasteiger partial charge in [-0.2, -0.15) is 0 Å². The highest BCUT2D eigenvalue weighted by Crippen LogP contribution is 2.28. The number of halogens is 1. The van der Waals surface area contributed by atoms with Gasteiger partial charge in [0.2, 0.25) is 11.8 Å². The minimum absolute atomic E-state index is 0.0210. The van der Waals surface area contributed by atoms with Crippen molar-refractivity contribution in [1.82, 2.24) is 10.2 Å². The van der Waals surface area contributed by atoms with Gasteiger partial charge in [-0.15, -0.1) is 11.8 Å². The van der Waals surface area contributed by atoms with Crippen molar-refractivity contribution in [2.45, 2.75) is 62.5 Å². The zero-order chi connectivity index (χ0) is 30.9. The minimum atomic E-state index is -4.17. The van der Waals surface area contributed by atoms with E-state index in [9.17, 15) is 18.0 Å². The summed E-state index contributed by atoms with van der Waals surface area (Å²) in [7, 11) is -4.17. The zero-order valence-electron chi connectivity index (χ0n) is 24.5. The molecular formula is C31H38ClN3O5S2. The number of benzene rings is 3. The molecule has 0 aliphatic rings. The van der Waals surface area contributed by atoms with E-state index in [1.165, 1.54) is 28.8 Å². The predicted octanol–water partition coefficient (Wildman–Crippen LogP) is 5.99. The SMILES string of the molecule is CCOc1ccc(N(CC(=O)N(Cc2ccccc2Cl)[C@H](C)C(=O)N[C@@H](C)CC)S(=O)(=O)c2ccc(SC)cc2)cc1. The molecule has 2 amide bonds. The second kappa shape index (κ2) is 15.3. The summed E-state index contributed by atoms with van der Waals surface area (Å²) in [5, 5.41) is 3.36. The highest BCUT2D eigenvalue weighted by molar-refractivity contribution is 7.98. The molecule has 0 saturated carbocycles. The van der Waals surface area contributed by atoms with Crippen molar-refractivity contribution in [1.29, 1.82) is 0 Å². The lowest BCUT2D eigenvalue weighted by atomic mass is 10.1. The summed E-state index contributed by atoms with van der Waals surface area (Å²) in [6.07, 6.45) is 2.62. The monoisotopic (exact) mass is 631 g/mol. The Morgan fingerprint density at radius 1 is 0.976 bits per heavy atom. The molecule has 0 spiro atoms. The van der Waals surface area contributed by atoms with E-state index in [2.05, 4.69) is 5.32 Å². The first-order chi connectivity index (χ1) is 20.0. The highest BCUT2D eigenvalue weighted by atomic mass is 35.5. The van der Waals surface area contributed by atoms with Crippen LogP contribution in [-0.4, -0.2) is 56.6 Å². The van der Waals surface area contributed by atoms with Gasteiger partial charge >= 0.3 is 0 Å². The summed E-state index contributed by atoms with van der Waals surface area (Å²) in [4.78, 5) is 29.6. The first-order valence-corrected chi connectivity index (χ1v) is 16.8. The van der Waals surface area contributed by atoms with Crippen molar-refractivity contribution < 1.29 is 22.7 Å². The van der Waals surface area contributed by atoms with Crippen LogP contribution in [0.2, 0.25) is 5.02 Å². The van der Waals surface area contributed by atoms with Gasteiger partial charge in [0.05, 0.1) is 17.2 Å². The Kier molecular flexibility index (Phi) is 12.1. The second-order valence-electron chi connectivity index (χ2n) is 9.72. The lowest BCUT2D eigenvalue weighted by Gasteiger charge is -2.32. The molecule has 0 radical (unpaired) electrons. The maximum atomic E-state index is 14.1. The molecule has 11 heteroatoms. The van der Waals surface area contributed by atoms with Crippen molar-refractivity contribution in [2.75, 3.05) is 23.7 Å². The molecule has 0 aromatic heterocycles. The number of rotatable bonds is 14. The lowest BCUT2D eigenvalue weighted by Crippen LogP contribution is -2.52. The summed E-state index contributed by atoms with van der Waals surface area (Å²) in [6, 6.07) is 19.1. The molecular weight excluding hydrogens is 594 g/mol. The van der Waals surface area contributed by atoms with Gasteiger partial charge in [-0.1, -0.05) is 36.7 Å². The van der Waals surface area contributed by atoms with E-state index >= 15 is 0 Å². The summed E-state index contributed by atoms with van der Waals surface area (Å²) >= 11 is 7.92. The fourth-order valence-electron chi connectivity index (χ4n) is 4.14. The molecule has 0 fully saturated rings. The standard InChI is InChI=1S/C31H38ClN3O5S2/c1-6-22(3)33-31(37)23(4)34(20-24-10-8-9-11-29(24)32)30(36)21-35(25-12-14-26(15-13-25)40-7-2)42(38,39)28-18-16-27(41-5)17-19-28/h8-19,22-23H,6-7,20-21H2,1-5H3,(H,33,37)/t22-,23+/m0/s1. The van der Waals surface area contributed by atoms with Gasteiger partial charge in [0.15, 0.2) is 0 Å². The van der Waals surface area contributed by atoms with Gasteiger partial charge in [0, 0.05) is 22.5 Å². The average molecular weight is 632 g/mol. The lowest BCUT2D eigenvalue weighted by molar-refractivity contribution is -0.139. The van der Waals surface area contributed by atoms with Crippen LogP contribution >= 0.6 is 23.4 Å². The molecule has 0 saturated heterocycles. The fourth-order valence-corrected chi connectivity index (χ4v) is 6.16. The molecule has 226 valence electrons. The molecule has 1 N–H and O–H groups in total. The van der Waals surface area contributed by atoms with Gasteiger partial charge in [0.1, 0.15) is 18.3 Å². The zero-order valence-corrected chi connectivity index (χ0v) is 26.9. The van der Waals surface area contributed by atoms with Crippen LogP contribution in [0, 0.1) is 0 Å². The predicted molar refractivity (Wildman–Crippen MR) is 170 cm³/mol. The molecule has 2 atom stereocenters. The largest absolute Gasteiger partial charge is 0.494 e. The van der Waals surface area contributed by atoms with Crippen LogP contribution in [0.5, 0.6) is 5.75 Å². The third-order valence-corrected chi connectivity index (χ3v) is 9.73. The van der Waals surface area contributed by atoms with Crippen LogP contribution in [0.3, 0.4) is 0 Å². The molecule has 0 aliphatic heterocycles. The maximum absolute atomic E-state index is 14.1. The van der Waals surface area contributed by atoms with Crippen molar-refractivity contribution in [3.05, 3.63) is 83.4 Å². The number of amides is 2. The van der Waals surface area contributed by atoms with Crippen LogP contribution < -0.4 is 14.4 Å². The normalized spacial score (nSPS) is 12.7. The molecule has 3 aromatic rings. The number of nitrogens with zero attached hydrogens (tertiary/aromatic N) is 2. The first-order valence-electron chi connectivity index (χ1n) is 13.7. The topological polar surface area (TPSA) is 96.0 Å². The molecule has 8 nitrogen and oxygen atoms in total. The molecule has 0 unspecified atom stereocenters. The van der Waals surface area contributed by atoms with Crippen LogP contribution in [0.15, 0.2) is 82.6 Å². The van der Waals surface area contributed by atoms with Crippen LogP contribution in [0.4, 0.5) is 5.69 Å². The van der Waals surface area contributed by atoms with Crippen molar-refractivity contribution in [3.63, 3.8) is 0 Å². The van der Waals surface area contributed by atoms with Crippen LogP contribution in [-0.2, 0) is 26.2 Å². The molecule has 0 heterocycles. The van der Waals surface area contributed by atoms with E-state index < -0.39 is 28.5 Å². The van der Waals surface area contributed by atoms with Gasteiger partial charge in [-0.3, -0.25) is 13.9 Å². The number of nitrogens with one attached hydrogen (secondary N) is 1. The third-order valence-electron chi connectivity index (χ3n) is 6.83. The summed E-state index contributed by atoms with van der Waals surface area (Å²) in [5.74, 6) is -0.322. The molecule has 3 aromatic carbocycles. The summed E-state index contributed by atoms with van der Waals surface area (Å²) < 4.78 is 34.6. The van der Waals surface area contributed by atoms with Gasteiger partial charge in [-0.25, -0.2) is 8.42 Å². The van der Waals surface area contributed by atoms with E-state index in [-0.39, 0.29) is 29.1 Å². The van der Waals surface area contributed by atoms with E-state index in [1.807, 2.05) is 27.0 Å². The average Bonchev–Trinajstić information content (AvgIpc) is 2.99. The van der Waals surface area contributed by atoms with E-state index in [0.29, 0.717) is 22.9 Å². The number of anilines is 1. The number of hydrogen-bond acceptors (Lipinski definition) is 6. The molecule has 3 rings (SSSR count). The smallest absolute Gasteiger partial charge is 0.264 e. The van der Waals surface area contributed by atoms with Gasteiger partial charge < -0.3 is 15.0 Å².